The summed E-state index contributed by atoms with van der Waals surface area (Å²) in [7, 11) is 0. The van der Waals surface area contributed by atoms with Crippen molar-refractivity contribution in [3.05, 3.63) is 35.4 Å². The lowest BCUT2D eigenvalue weighted by Crippen LogP contribution is -2.37. The first kappa shape index (κ1) is 12.4. The molecule has 20 heavy (non-hydrogen) atoms. The van der Waals surface area contributed by atoms with Crippen molar-refractivity contribution in [2.45, 2.75) is 49.5 Å². The summed E-state index contributed by atoms with van der Waals surface area (Å²) in [5.41, 5.74) is 8.38. The van der Waals surface area contributed by atoms with E-state index in [4.69, 9.17) is 5.73 Å². The quantitative estimate of drug-likeness (QED) is 0.916. The van der Waals surface area contributed by atoms with Crippen molar-refractivity contribution in [3.63, 3.8) is 0 Å². The number of rotatable bonds is 3. The van der Waals surface area contributed by atoms with Crippen molar-refractivity contribution < 1.29 is 4.79 Å². The molecule has 0 aromatic heterocycles. The number of nitrogens with zero attached hydrogens (tertiary/aromatic N) is 1. The van der Waals surface area contributed by atoms with Crippen LogP contribution < -0.4 is 5.73 Å². The van der Waals surface area contributed by atoms with Crippen molar-refractivity contribution in [1.29, 1.82) is 0 Å². The number of hydrogen-bond donors (Lipinski definition) is 1. The van der Waals surface area contributed by atoms with Gasteiger partial charge in [-0.05, 0) is 49.7 Å². The van der Waals surface area contributed by atoms with E-state index in [1.165, 1.54) is 11.1 Å². The Labute approximate surface area is 120 Å². The van der Waals surface area contributed by atoms with Gasteiger partial charge in [-0.2, -0.15) is 0 Å². The second-order valence-electron chi connectivity index (χ2n) is 6.81. The second kappa shape index (κ2) is 4.08. The zero-order valence-electron chi connectivity index (χ0n) is 11.9. The predicted octanol–water partition coefficient (Wildman–Crippen LogP) is 2.29. The highest BCUT2D eigenvalue weighted by Gasteiger charge is 2.53. The zero-order valence-corrected chi connectivity index (χ0v) is 11.9. The number of nitrogens with two attached hydrogens (primary N) is 1. The molecule has 3 nitrogen and oxygen atoms in total. The number of carbonyl (C=O) groups is 1. The van der Waals surface area contributed by atoms with Gasteiger partial charge in [0, 0.05) is 18.6 Å². The first-order valence-corrected chi connectivity index (χ1v) is 7.83. The van der Waals surface area contributed by atoms with Gasteiger partial charge in [0.1, 0.15) is 0 Å². The molecule has 1 aromatic carbocycles. The first-order valence-electron chi connectivity index (χ1n) is 7.83. The van der Waals surface area contributed by atoms with Crippen LogP contribution in [0.25, 0.3) is 0 Å². The molecule has 0 bridgehead atoms. The molecule has 4 rings (SSSR count). The summed E-state index contributed by atoms with van der Waals surface area (Å²) in [6.45, 7) is 1.90. The number of hydrogen-bond acceptors (Lipinski definition) is 2. The largest absolute Gasteiger partial charge is 0.342 e. The fraction of sp³-hybridized carbons (Fsp3) is 0.588. The molecule has 0 unspecified atom stereocenters. The monoisotopic (exact) mass is 270 g/mol. The Bertz CT molecular complexity index is 535. The molecule has 3 fully saturated rings. The van der Waals surface area contributed by atoms with Crippen LogP contribution in [0.4, 0.5) is 0 Å². The summed E-state index contributed by atoms with van der Waals surface area (Å²) >= 11 is 0. The minimum atomic E-state index is -0.200. The maximum absolute atomic E-state index is 12.7. The third-order valence-electron chi connectivity index (χ3n) is 5.35. The SMILES string of the molecule is NC1(c2ccc(C3(C(=O)N4CCCC4)CC3)cc2)CC1. The summed E-state index contributed by atoms with van der Waals surface area (Å²) in [5, 5.41) is 0. The lowest BCUT2D eigenvalue weighted by molar-refractivity contribution is -0.132. The van der Waals surface area contributed by atoms with E-state index in [1.54, 1.807) is 0 Å². The lowest BCUT2D eigenvalue weighted by atomic mass is 9.92. The molecule has 1 saturated heterocycles. The molecule has 1 heterocycles. The molecule has 1 amide bonds. The van der Waals surface area contributed by atoms with Crippen LogP contribution in [0.5, 0.6) is 0 Å². The van der Waals surface area contributed by atoms with E-state index in [1.807, 2.05) is 0 Å². The van der Waals surface area contributed by atoms with E-state index in [-0.39, 0.29) is 11.0 Å². The minimum Gasteiger partial charge on any atom is -0.342 e. The minimum absolute atomic E-state index is 0.0752. The van der Waals surface area contributed by atoms with Gasteiger partial charge in [0.25, 0.3) is 0 Å². The topological polar surface area (TPSA) is 46.3 Å². The van der Waals surface area contributed by atoms with Crippen LogP contribution in [0, 0.1) is 0 Å². The van der Waals surface area contributed by atoms with Crippen LogP contribution in [0.15, 0.2) is 24.3 Å². The van der Waals surface area contributed by atoms with Crippen LogP contribution in [0.3, 0.4) is 0 Å². The molecule has 1 aromatic rings. The van der Waals surface area contributed by atoms with E-state index in [0.717, 1.165) is 51.6 Å². The first-order chi connectivity index (χ1) is 9.64. The Hall–Kier alpha value is -1.35. The number of amides is 1. The van der Waals surface area contributed by atoms with Gasteiger partial charge in [0.05, 0.1) is 5.41 Å². The van der Waals surface area contributed by atoms with Crippen LogP contribution >= 0.6 is 0 Å². The molecule has 0 spiro atoms. The Morgan fingerprint density at radius 1 is 0.950 bits per heavy atom. The molecular formula is C17H22N2O. The smallest absolute Gasteiger partial charge is 0.233 e. The van der Waals surface area contributed by atoms with Crippen LogP contribution in [0.2, 0.25) is 0 Å². The summed E-state index contributed by atoms with van der Waals surface area (Å²) in [4.78, 5) is 14.8. The van der Waals surface area contributed by atoms with E-state index in [9.17, 15) is 4.79 Å². The standard InChI is InChI=1S/C17H22N2O/c18-17(9-10-17)14-5-3-13(4-6-14)16(7-8-16)15(20)19-11-1-2-12-19/h3-6H,1-2,7-12,18H2. The van der Waals surface area contributed by atoms with E-state index >= 15 is 0 Å². The Morgan fingerprint density at radius 3 is 2.00 bits per heavy atom. The van der Waals surface area contributed by atoms with Crippen LogP contribution in [-0.4, -0.2) is 23.9 Å². The van der Waals surface area contributed by atoms with E-state index in [0.29, 0.717) is 5.91 Å². The van der Waals surface area contributed by atoms with Crippen LogP contribution in [0.1, 0.15) is 49.7 Å². The molecule has 2 saturated carbocycles. The van der Waals surface area contributed by atoms with Gasteiger partial charge in [-0.3, -0.25) is 4.79 Å². The molecule has 1 aliphatic heterocycles. The van der Waals surface area contributed by atoms with E-state index < -0.39 is 0 Å². The maximum atomic E-state index is 12.7. The van der Waals surface area contributed by atoms with Crippen molar-refractivity contribution in [2.75, 3.05) is 13.1 Å². The summed E-state index contributed by atoms with van der Waals surface area (Å²) in [6.07, 6.45) is 6.52. The normalized spacial score (nSPS) is 25.6. The molecule has 2 aliphatic carbocycles. The van der Waals surface area contributed by atoms with Crippen LogP contribution in [-0.2, 0) is 15.7 Å². The average molecular weight is 270 g/mol. The van der Waals surface area contributed by atoms with Gasteiger partial charge >= 0.3 is 0 Å². The Balaban J connectivity index is 1.58. The van der Waals surface area contributed by atoms with Crippen molar-refractivity contribution in [2.24, 2.45) is 5.73 Å². The molecule has 3 aliphatic rings. The molecular weight excluding hydrogens is 248 g/mol. The third kappa shape index (κ3) is 1.80. The Kier molecular flexibility index (Phi) is 2.53. The van der Waals surface area contributed by atoms with Crippen molar-refractivity contribution >= 4 is 5.91 Å². The molecule has 2 N–H and O–H groups in total. The summed E-state index contributed by atoms with van der Waals surface area (Å²) in [6, 6.07) is 8.56. The molecule has 0 radical (unpaired) electrons. The number of benzene rings is 1. The van der Waals surface area contributed by atoms with Gasteiger partial charge in [-0.1, -0.05) is 24.3 Å². The highest BCUT2D eigenvalue weighted by Crippen LogP contribution is 2.51. The summed E-state index contributed by atoms with van der Waals surface area (Å²) in [5.74, 6) is 0.358. The number of carbonyl (C=O) groups excluding carboxylic acids is 1. The van der Waals surface area contributed by atoms with E-state index in [2.05, 4.69) is 29.2 Å². The highest BCUT2D eigenvalue weighted by molar-refractivity contribution is 5.91. The van der Waals surface area contributed by atoms with Gasteiger partial charge in [-0.15, -0.1) is 0 Å². The van der Waals surface area contributed by atoms with Gasteiger partial charge in [0.15, 0.2) is 0 Å². The zero-order chi connectivity index (χ0) is 13.8. The lowest BCUT2D eigenvalue weighted by Gasteiger charge is -2.23. The fourth-order valence-corrected chi connectivity index (χ4v) is 3.52. The van der Waals surface area contributed by atoms with Gasteiger partial charge in [0.2, 0.25) is 5.91 Å². The number of likely N-dealkylation sites (tertiary alicyclic amines) is 1. The highest BCUT2D eigenvalue weighted by atomic mass is 16.2. The van der Waals surface area contributed by atoms with Gasteiger partial charge in [-0.25, -0.2) is 0 Å². The molecule has 3 heteroatoms. The predicted molar refractivity (Wildman–Crippen MR) is 78.3 cm³/mol. The second-order valence-corrected chi connectivity index (χ2v) is 6.81. The molecule has 0 atom stereocenters. The van der Waals surface area contributed by atoms with Crippen molar-refractivity contribution in [3.8, 4) is 0 Å². The van der Waals surface area contributed by atoms with Gasteiger partial charge < -0.3 is 10.6 Å². The summed E-state index contributed by atoms with van der Waals surface area (Å²) < 4.78 is 0. The average Bonchev–Trinajstić information content (AvgIpc) is 3.37. The third-order valence-corrected chi connectivity index (χ3v) is 5.35. The van der Waals surface area contributed by atoms with Crippen molar-refractivity contribution in [1.82, 2.24) is 4.90 Å². The Morgan fingerprint density at radius 2 is 1.50 bits per heavy atom. The maximum Gasteiger partial charge on any atom is 0.233 e. The fourth-order valence-electron chi connectivity index (χ4n) is 3.52. The molecule has 106 valence electrons.